The number of nitrogens with zero attached hydrogens (tertiary/aromatic N) is 1. The van der Waals surface area contributed by atoms with E-state index in [1.165, 1.54) is 12.1 Å². The summed E-state index contributed by atoms with van der Waals surface area (Å²) in [6.07, 6.45) is 0.953. The number of rotatable bonds is 4. The van der Waals surface area contributed by atoms with Crippen LogP contribution in [0.3, 0.4) is 0 Å². The Morgan fingerprint density at radius 1 is 1.31 bits per heavy atom. The second kappa shape index (κ2) is 5.07. The minimum absolute atomic E-state index is 0.203. The van der Waals surface area contributed by atoms with Gasteiger partial charge in [0.2, 0.25) is 0 Å². The first-order chi connectivity index (χ1) is 7.78. The zero-order valence-electron chi connectivity index (χ0n) is 9.03. The molecule has 0 aliphatic heterocycles. The normalized spacial score (nSPS) is 10.4. The standard InChI is InChI=1S/C12H13FN2S/c1-2-11-8-16-12(15-11)14-7-9-3-5-10(13)6-4-9/h3-6,8H,2,7H2,1H3,(H,14,15). The average Bonchev–Trinajstić information content (AvgIpc) is 2.76. The smallest absolute Gasteiger partial charge is 0.183 e. The molecule has 0 radical (unpaired) electrons. The molecule has 1 N–H and O–H groups in total. The van der Waals surface area contributed by atoms with Crippen LogP contribution in [-0.2, 0) is 13.0 Å². The molecule has 1 aromatic carbocycles. The Balaban J connectivity index is 1.94. The molecule has 2 rings (SSSR count). The molecule has 84 valence electrons. The van der Waals surface area contributed by atoms with Gasteiger partial charge in [-0.3, -0.25) is 0 Å². The summed E-state index contributed by atoms with van der Waals surface area (Å²) >= 11 is 1.60. The summed E-state index contributed by atoms with van der Waals surface area (Å²) in [5.74, 6) is -0.203. The van der Waals surface area contributed by atoms with Crippen LogP contribution in [0.5, 0.6) is 0 Å². The molecule has 0 aliphatic carbocycles. The third-order valence-corrected chi connectivity index (χ3v) is 3.12. The van der Waals surface area contributed by atoms with Crippen molar-refractivity contribution in [1.29, 1.82) is 0 Å². The lowest BCUT2D eigenvalue weighted by Crippen LogP contribution is -1.99. The van der Waals surface area contributed by atoms with Crippen LogP contribution in [0.4, 0.5) is 9.52 Å². The minimum atomic E-state index is -0.203. The van der Waals surface area contributed by atoms with Gasteiger partial charge in [0.05, 0.1) is 5.69 Å². The molecule has 0 saturated heterocycles. The molecule has 1 heterocycles. The number of nitrogens with one attached hydrogen (secondary N) is 1. The summed E-state index contributed by atoms with van der Waals surface area (Å²) in [6, 6.07) is 6.49. The number of thiazole rings is 1. The van der Waals surface area contributed by atoms with Crippen molar-refractivity contribution in [3.8, 4) is 0 Å². The van der Waals surface area contributed by atoms with Crippen molar-refractivity contribution in [1.82, 2.24) is 4.98 Å². The van der Waals surface area contributed by atoms with Crippen molar-refractivity contribution in [3.05, 3.63) is 46.7 Å². The van der Waals surface area contributed by atoms with E-state index < -0.39 is 0 Å². The van der Waals surface area contributed by atoms with Gasteiger partial charge in [0.15, 0.2) is 5.13 Å². The Hall–Kier alpha value is -1.42. The molecular weight excluding hydrogens is 223 g/mol. The molecule has 0 fully saturated rings. The molecule has 1 aromatic heterocycles. The lowest BCUT2D eigenvalue weighted by molar-refractivity contribution is 0.627. The van der Waals surface area contributed by atoms with Crippen LogP contribution in [0.2, 0.25) is 0 Å². The predicted octanol–water partition coefficient (Wildman–Crippen LogP) is 3.46. The van der Waals surface area contributed by atoms with Crippen molar-refractivity contribution in [2.45, 2.75) is 19.9 Å². The Morgan fingerprint density at radius 2 is 2.06 bits per heavy atom. The van der Waals surface area contributed by atoms with Crippen LogP contribution in [0.25, 0.3) is 0 Å². The first-order valence-corrected chi connectivity index (χ1v) is 6.08. The maximum atomic E-state index is 12.7. The number of aromatic nitrogens is 1. The van der Waals surface area contributed by atoms with Gasteiger partial charge < -0.3 is 5.32 Å². The molecular formula is C12H13FN2S. The molecule has 0 unspecified atom stereocenters. The van der Waals surface area contributed by atoms with Crippen LogP contribution < -0.4 is 5.32 Å². The van der Waals surface area contributed by atoms with Crippen LogP contribution in [0.1, 0.15) is 18.2 Å². The first kappa shape index (κ1) is 11.1. The number of benzene rings is 1. The molecule has 2 nitrogen and oxygen atoms in total. The van der Waals surface area contributed by atoms with E-state index in [9.17, 15) is 4.39 Å². The van der Waals surface area contributed by atoms with Crippen LogP contribution in [-0.4, -0.2) is 4.98 Å². The molecule has 0 atom stereocenters. The fourth-order valence-corrected chi connectivity index (χ4v) is 2.12. The van der Waals surface area contributed by atoms with E-state index in [4.69, 9.17) is 0 Å². The summed E-state index contributed by atoms with van der Waals surface area (Å²) in [6.45, 7) is 2.76. The zero-order chi connectivity index (χ0) is 11.4. The Labute approximate surface area is 98.2 Å². The van der Waals surface area contributed by atoms with Gasteiger partial charge in [-0.1, -0.05) is 19.1 Å². The molecule has 4 heteroatoms. The van der Waals surface area contributed by atoms with E-state index in [1.54, 1.807) is 23.5 Å². The topological polar surface area (TPSA) is 24.9 Å². The van der Waals surface area contributed by atoms with Crippen LogP contribution in [0, 0.1) is 5.82 Å². The van der Waals surface area contributed by atoms with Crippen molar-refractivity contribution in [2.75, 3.05) is 5.32 Å². The zero-order valence-corrected chi connectivity index (χ0v) is 9.85. The largest absolute Gasteiger partial charge is 0.357 e. The quantitative estimate of drug-likeness (QED) is 0.879. The lowest BCUT2D eigenvalue weighted by atomic mass is 10.2. The van der Waals surface area contributed by atoms with Crippen molar-refractivity contribution < 1.29 is 4.39 Å². The highest BCUT2D eigenvalue weighted by molar-refractivity contribution is 7.13. The monoisotopic (exact) mass is 236 g/mol. The van der Waals surface area contributed by atoms with Gasteiger partial charge in [0.25, 0.3) is 0 Å². The van der Waals surface area contributed by atoms with E-state index in [0.717, 1.165) is 22.8 Å². The average molecular weight is 236 g/mol. The van der Waals surface area contributed by atoms with Crippen molar-refractivity contribution in [3.63, 3.8) is 0 Å². The van der Waals surface area contributed by atoms with Gasteiger partial charge >= 0.3 is 0 Å². The third kappa shape index (κ3) is 2.79. The highest BCUT2D eigenvalue weighted by Gasteiger charge is 1.99. The maximum Gasteiger partial charge on any atom is 0.183 e. The number of halogens is 1. The summed E-state index contributed by atoms with van der Waals surface area (Å²) in [5.41, 5.74) is 2.15. The number of hydrogen-bond donors (Lipinski definition) is 1. The van der Waals surface area contributed by atoms with Crippen molar-refractivity contribution >= 4 is 16.5 Å². The Kier molecular flexibility index (Phi) is 3.51. The van der Waals surface area contributed by atoms with Gasteiger partial charge in [-0.05, 0) is 24.1 Å². The summed E-state index contributed by atoms with van der Waals surface area (Å²) in [4.78, 5) is 4.39. The molecule has 0 saturated carbocycles. The summed E-state index contributed by atoms with van der Waals surface area (Å²) in [5, 5.41) is 6.19. The molecule has 0 bridgehead atoms. The van der Waals surface area contributed by atoms with Crippen molar-refractivity contribution in [2.24, 2.45) is 0 Å². The fourth-order valence-electron chi connectivity index (χ4n) is 1.33. The highest BCUT2D eigenvalue weighted by Crippen LogP contribution is 2.16. The molecule has 2 aromatic rings. The van der Waals surface area contributed by atoms with Gasteiger partial charge in [0, 0.05) is 11.9 Å². The Morgan fingerprint density at radius 3 is 2.69 bits per heavy atom. The second-order valence-electron chi connectivity index (χ2n) is 3.48. The molecule has 0 spiro atoms. The minimum Gasteiger partial charge on any atom is -0.357 e. The molecule has 0 amide bonds. The van der Waals surface area contributed by atoms with Gasteiger partial charge in [-0.25, -0.2) is 9.37 Å². The highest BCUT2D eigenvalue weighted by atomic mass is 32.1. The first-order valence-electron chi connectivity index (χ1n) is 5.20. The molecule has 16 heavy (non-hydrogen) atoms. The summed E-state index contributed by atoms with van der Waals surface area (Å²) < 4.78 is 12.7. The SMILES string of the molecule is CCc1csc(NCc2ccc(F)cc2)n1. The Bertz CT molecular complexity index is 450. The number of hydrogen-bond acceptors (Lipinski definition) is 3. The number of anilines is 1. The molecule has 0 aliphatic rings. The van der Waals surface area contributed by atoms with Crippen LogP contribution >= 0.6 is 11.3 Å². The lowest BCUT2D eigenvalue weighted by Gasteiger charge is -2.02. The van der Waals surface area contributed by atoms with Gasteiger partial charge in [-0.2, -0.15) is 0 Å². The van der Waals surface area contributed by atoms with E-state index in [1.807, 2.05) is 5.38 Å². The summed E-state index contributed by atoms with van der Waals surface area (Å²) in [7, 11) is 0. The van der Waals surface area contributed by atoms with E-state index in [-0.39, 0.29) is 5.82 Å². The maximum absolute atomic E-state index is 12.7. The predicted molar refractivity (Wildman–Crippen MR) is 65.2 cm³/mol. The fraction of sp³-hybridized carbons (Fsp3) is 0.250. The van der Waals surface area contributed by atoms with Gasteiger partial charge in [0.1, 0.15) is 5.82 Å². The second-order valence-corrected chi connectivity index (χ2v) is 4.34. The van der Waals surface area contributed by atoms with Gasteiger partial charge in [-0.15, -0.1) is 11.3 Å². The third-order valence-electron chi connectivity index (χ3n) is 2.27. The van der Waals surface area contributed by atoms with E-state index >= 15 is 0 Å². The van der Waals surface area contributed by atoms with E-state index in [2.05, 4.69) is 17.2 Å². The van der Waals surface area contributed by atoms with Crippen LogP contribution in [0.15, 0.2) is 29.6 Å². The number of aryl methyl sites for hydroxylation is 1. The van der Waals surface area contributed by atoms with E-state index in [0.29, 0.717) is 6.54 Å².